The summed E-state index contributed by atoms with van der Waals surface area (Å²) in [6, 6.07) is -0.0808. The van der Waals surface area contributed by atoms with Crippen molar-refractivity contribution in [3.05, 3.63) is 15.8 Å². The highest BCUT2D eigenvalue weighted by Gasteiger charge is 2.27. The van der Waals surface area contributed by atoms with E-state index in [1.807, 2.05) is 20.8 Å². The van der Waals surface area contributed by atoms with Gasteiger partial charge in [0.05, 0.1) is 4.92 Å². The van der Waals surface area contributed by atoms with Crippen molar-refractivity contribution in [3.8, 4) is 0 Å². The average molecular weight is 298 g/mol. The van der Waals surface area contributed by atoms with E-state index in [0.29, 0.717) is 24.4 Å². The molecule has 8 nitrogen and oxygen atoms in total. The van der Waals surface area contributed by atoms with Crippen molar-refractivity contribution < 1.29 is 14.8 Å². The maximum absolute atomic E-state index is 11.2. The molecule has 0 bridgehead atoms. The highest BCUT2D eigenvalue weighted by atomic mass is 16.6. The predicted molar refractivity (Wildman–Crippen MR) is 78.6 cm³/mol. The molecule has 1 aromatic rings. The van der Waals surface area contributed by atoms with Crippen molar-refractivity contribution in [1.29, 1.82) is 0 Å². The molecule has 1 atom stereocenters. The molecule has 1 rings (SSSR count). The first-order valence-electron chi connectivity index (χ1n) is 6.95. The number of aliphatic carboxylic acids is 1. The van der Waals surface area contributed by atoms with E-state index in [1.54, 1.807) is 11.6 Å². The Balaban J connectivity index is 2.89. The summed E-state index contributed by atoms with van der Waals surface area (Å²) in [4.78, 5) is 21.3. The molecule has 0 aliphatic rings. The van der Waals surface area contributed by atoms with Gasteiger partial charge in [-0.1, -0.05) is 0 Å². The van der Waals surface area contributed by atoms with E-state index in [4.69, 9.17) is 5.11 Å². The maximum Gasteiger partial charge on any atom is 0.333 e. The van der Waals surface area contributed by atoms with Gasteiger partial charge in [-0.3, -0.25) is 14.9 Å². The van der Waals surface area contributed by atoms with Gasteiger partial charge in [0, 0.05) is 18.5 Å². The summed E-state index contributed by atoms with van der Waals surface area (Å²) in [6.45, 7) is 7.28. The number of hydrogen-bond acceptors (Lipinski definition) is 5. The molecule has 0 saturated heterocycles. The van der Waals surface area contributed by atoms with Gasteiger partial charge in [-0.25, -0.2) is 4.68 Å². The first kappa shape index (κ1) is 16.9. The Bertz CT molecular complexity index is 524. The van der Waals surface area contributed by atoms with Crippen LogP contribution in [-0.4, -0.2) is 31.8 Å². The smallest absolute Gasteiger partial charge is 0.333 e. The molecule has 0 saturated carbocycles. The minimum Gasteiger partial charge on any atom is -0.481 e. The third-order valence-electron chi connectivity index (χ3n) is 3.14. The molecule has 8 heteroatoms. The Morgan fingerprint density at radius 1 is 1.48 bits per heavy atom. The Kier molecular flexibility index (Phi) is 5.69. The van der Waals surface area contributed by atoms with E-state index < -0.39 is 10.9 Å². The van der Waals surface area contributed by atoms with Gasteiger partial charge < -0.3 is 10.4 Å². The lowest BCUT2D eigenvalue weighted by Gasteiger charge is -2.17. The summed E-state index contributed by atoms with van der Waals surface area (Å²) < 4.78 is 1.60. The van der Waals surface area contributed by atoms with Crippen LogP contribution in [-0.2, 0) is 4.79 Å². The highest BCUT2D eigenvalue weighted by molar-refractivity contribution is 5.66. The third-order valence-corrected chi connectivity index (χ3v) is 3.14. The van der Waals surface area contributed by atoms with Gasteiger partial charge in [-0.2, -0.15) is 5.10 Å². The Morgan fingerprint density at radius 2 is 2.10 bits per heavy atom. The van der Waals surface area contributed by atoms with Gasteiger partial charge in [0.15, 0.2) is 0 Å². The lowest BCUT2D eigenvalue weighted by Crippen LogP contribution is -2.20. The van der Waals surface area contributed by atoms with E-state index in [9.17, 15) is 14.9 Å². The molecule has 118 valence electrons. The normalized spacial score (nSPS) is 12.4. The van der Waals surface area contributed by atoms with Crippen molar-refractivity contribution in [2.45, 2.75) is 59.0 Å². The summed E-state index contributed by atoms with van der Waals surface area (Å²) in [5.41, 5.74) is 0.350. The zero-order chi connectivity index (χ0) is 16.2. The molecule has 0 fully saturated rings. The number of nitrogens with one attached hydrogen (secondary N) is 1. The minimum atomic E-state index is -0.837. The third kappa shape index (κ3) is 4.44. The van der Waals surface area contributed by atoms with Crippen LogP contribution in [0.4, 0.5) is 11.5 Å². The molecule has 0 spiro atoms. The number of nitrogens with zero attached hydrogens (tertiary/aromatic N) is 3. The minimum absolute atomic E-state index is 0.00822. The number of carboxylic acid groups (broad SMARTS) is 1. The Hall–Kier alpha value is -2.12. The molecule has 1 unspecified atom stereocenters. The fourth-order valence-corrected chi connectivity index (χ4v) is 2.13. The summed E-state index contributed by atoms with van der Waals surface area (Å²) >= 11 is 0. The molecular formula is C13H22N4O4. The second kappa shape index (κ2) is 7.05. The number of rotatable bonds is 8. The summed E-state index contributed by atoms with van der Waals surface area (Å²) in [7, 11) is 0. The Morgan fingerprint density at radius 3 is 2.57 bits per heavy atom. The van der Waals surface area contributed by atoms with Gasteiger partial charge in [0.1, 0.15) is 5.69 Å². The van der Waals surface area contributed by atoms with Crippen molar-refractivity contribution in [2.24, 2.45) is 0 Å². The lowest BCUT2D eigenvalue weighted by molar-refractivity contribution is -0.384. The first-order valence-corrected chi connectivity index (χ1v) is 6.95. The van der Waals surface area contributed by atoms with Crippen LogP contribution in [0.1, 0.15) is 51.8 Å². The summed E-state index contributed by atoms with van der Waals surface area (Å²) in [5, 5.41) is 27.1. The van der Waals surface area contributed by atoms with Crippen molar-refractivity contribution in [1.82, 2.24) is 9.78 Å². The van der Waals surface area contributed by atoms with Gasteiger partial charge in [0.2, 0.25) is 5.82 Å². The van der Waals surface area contributed by atoms with Crippen LogP contribution in [0, 0.1) is 17.0 Å². The van der Waals surface area contributed by atoms with Gasteiger partial charge >= 0.3 is 11.7 Å². The van der Waals surface area contributed by atoms with E-state index in [2.05, 4.69) is 10.4 Å². The van der Waals surface area contributed by atoms with Crippen LogP contribution in [0.3, 0.4) is 0 Å². The Labute approximate surface area is 123 Å². The predicted octanol–water partition coefficient (Wildman–Crippen LogP) is 2.74. The zero-order valence-corrected chi connectivity index (χ0v) is 12.8. The van der Waals surface area contributed by atoms with Crippen molar-refractivity contribution >= 4 is 17.5 Å². The quantitative estimate of drug-likeness (QED) is 0.564. The summed E-state index contributed by atoms with van der Waals surface area (Å²) in [5.74, 6) is -0.452. The van der Waals surface area contributed by atoms with E-state index in [1.165, 1.54) is 0 Å². The second-order valence-electron chi connectivity index (χ2n) is 5.41. The number of aryl methyl sites for hydroxylation is 1. The highest BCUT2D eigenvalue weighted by Crippen LogP contribution is 2.31. The summed E-state index contributed by atoms with van der Waals surface area (Å²) in [6.07, 6.45) is 1.23. The van der Waals surface area contributed by atoms with E-state index >= 15 is 0 Å². The largest absolute Gasteiger partial charge is 0.481 e. The first-order chi connectivity index (χ1) is 9.73. The topological polar surface area (TPSA) is 110 Å². The number of aromatic nitrogens is 2. The maximum atomic E-state index is 11.2. The van der Waals surface area contributed by atoms with E-state index in [0.717, 1.165) is 0 Å². The molecule has 21 heavy (non-hydrogen) atoms. The zero-order valence-electron chi connectivity index (χ0n) is 12.8. The molecule has 0 aromatic carbocycles. The monoisotopic (exact) mass is 298 g/mol. The van der Waals surface area contributed by atoms with Gasteiger partial charge in [-0.15, -0.1) is 0 Å². The molecule has 1 aromatic heterocycles. The standard InChI is InChI=1S/C13H22N4O4/c1-8(2)16-13(12(17(20)21)10(4)15-16)14-9(3)6-5-7-11(18)19/h8-9,14H,5-7H2,1-4H3,(H,18,19). The van der Waals surface area contributed by atoms with Crippen LogP contribution < -0.4 is 5.32 Å². The van der Waals surface area contributed by atoms with Crippen molar-refractivity contribution in [3.63, 3.8) is 0 Å². The van der Waals surface area contributed by atoms with E-state index in [-0.39, 0.29) is 24.2 Å². The number of carbonyl (C=O) groups is 1. The molecule has 0 amide bonds. The molecule has 0 aliphatic carbocycles. The fraction of sp³-hybridized carbons (Fsp3) is 0.692. The molecule has 1 heterocycles. The van der Waals surface area contributed by atoms with Crippen LogP contribution >= 0.6 is 0 Å². The lowest BCUT2D eigenvalue weighted by atomic mass is 10.1. The van der Waals surface area contributed by atoms with Crippen LogP contribution in [0.5, 0.6) is 0 Å². The second-order valence-corrected chi connectivity index (χ2v) is 5.41. The number of hydrogen-bond donors (Lipinski definition) is 2. The fourth-order valence-electron chi connectivity index (χ4n) is 2.13. The van der Waals surface area contributed by atoms with Gasteiger partial charge in [0.25, 0.3) is 0 Å². The molecule has 0 aliphatic heterocycles. The molecule has 0 radical (unpaired) electrons. The molecule has 2 N–H and O–H groups in total. The van der Waals surface area contributed by atoms with Gasteiger partial charge in [-0.05, 0) is 40.5 Å². The average Bonchev–Trinajstić information content (AvgIpc) is 2.65. The number of carboxylic acids is 1. The van der Waals surface area contributed by atoms with Crippen molar-refractivity contribution in [2.75, 3.05) is 5.32 Å². The van der Waals surface area contributed by atoms with Crippen LogP contribution in [0.25, 0.3) is 0 Å². The number of nitro groups is 1. The SMILES string of the molecule is Cc1nn(C(C)C)c(NC(C)CCCC(=O)O)c1[N+](=O)[O-]. The number of anilines is 1. The molecular weight excluding hydrogens is 276 g/mol. The van der Waals surface area contributed by atoms with Crippen LogP contribution in [0.2, 0.25) is 0 Å². The van der Waals surface area contributed by atoms with Crippen LogP contribution in [0.15, 0.2) is 0 Å².